The molecule has 18 heavy (non-hydrogen) atoms. The minimum Gasteiger partial charge on any atom is -0.480 e. The Morgan fingerprint density at radius 3 is 2.39 bits per heavy atom. The molecule has 2 aliphatic carbocycles. The van der Waals surface area contributed by atoms with Crippen molar-refractivity contribution in [2.45, 2.75) is 57.9 Å². The third kappa shape index (κ3) is 2.85. The largest absolute Gasteiger partial charge is 0.480 e. The molecule has 102 valence electrons. The lowest BCUT2D eigenvalue weighted by atomic mass is 10.0. The normalized spacial score (nSPS) is 31.3. The molecule has 0 heterocycles. The summed E-state index contributed by atoms with van der Waals surface area (Å²) in [5.74, 6) is 0.269. The molecule has 2 N–H and O–H groups in total. The zero-order chi connectivity index (χ0) is 13.1. The van der Waals surface area contributed by atoms with E-state index in [-0.39, 0.29) is 11.8 Å². The van der Waals surface area contributed by atoms with Crippen LogP contribution in [0.15, 0.2) is 0 Å². The molecule has 2 saturated carbocycles. The van der Waals surface area contributed by atoms with Crippen LogP contribution in [0.1, 0.15) is 51.9 Å². The van der Waals surface area contributed by atoms with Crippen molar-refractivity contribution in [3.8, 4) is 0 Å². The standard InChI is InChI=1S/C14H23NO3/c1-2-3-8-11(14(17)18)15-13(16)12-9-6-4-5-7-10(9)12/h9-12H,2-8H2,1H3,(H,15,16)(H,17,18). The summed E-state index contributed by atoms with van der Waals surface area (Å²) in [6.45, 7) is 2.02. The van der Waals surface area contributed by atoms with Crippen LogP contribution in [0.25, 0.3) is 0 Å². The molecule has 0 aromatic carbocycles. The molecule has 2 aliphatic rings. The number of aliphatic carboxylic acids is 1. The molecule has 0 aromatic heterocycles. The Morgan fingerprint density at radius 1 is 1.28 bits per heavy atom. The molecule has 4 nitrogen and oxygen atoms in total. The van der Waals surface area contributed by atoms with Crippen LogP contribution in [0.3, 0.4) is 0 Å². The van der Waals surface area contributed by atoms with Gasteiger partial charge in [0.25, 0.3) is 0 Å². The molecule has 0 spiro atoms. The summed E-state index contributed by atoms with van der Waals surface area (Å²) in [6.07, 6.45) is 7.08. The Labute approximate surface area is 108 Å². The Kier molecular flexibility index (Phi) is 4.25. The van der Waals surface area contributed by atoms with Gasteiger partial charge in [0.1, 0.15) is 6.04 Å². The quantitative estimate of drug-likeness (QED) is 0.762. The molecule has 0 aliphatic heterocycles. The fourth-order valence-corrected chi connectivity index (χ4v) is 3.31. The number of fused-ring (bicyclic) bond motifs is 1. The van der Waals surface area contributed by atoms with E-state index in [9.17, 15) is 9.59 Å². The van der Waals surface area contributed by atoms with E-state index in [1.807, 2.05) is 6.92 Å². The average Bonchev–Trinajstić information content (AvgIpc) is 3.08. The van der Waals surface area contributed by atoms with E-state index in [4.69, 9.17) is 5.11 Å². The van der Waals surface area contributed by atoms with E-state index in [1.54, 1.807) is 0 Å². The number of rotatable bonds is 6. The fraction of sp³-hybridized carbons (Fsp3) is 0.857. The van der Waals surface area contributed by atoms with E-state index in [0.717, 1.165) is 25.7 Å². The van der Waals surface area contributed by atoms with Crippen LogP contribution in [0.4, 0.5) is 0 Å². The van der Waals surface area contributed by atoms with Gasteiger partial charge in [0.15, 0.2) is 0 Å². The van der Waals surface area contributed by atoms with E-state index < -0.39 is 12.0 Å². The predicted octanol–water partition coefficient (Wildman–Crippen LogP) is 2.18. The number of unbranched alkanes of at least 4 members (excludes halogenated alkanes) is 1. The minimum absolute atomic E-state index is 0.0181. The lowest BCUT2D eigenvalue weighted by Gasteiger charge is -2.14. The average molecular weight is 253 g/mol. The topological polar surface area (TPSA) is 66.4 Å². The lowest BCUT2D eigenvalue weighted by molar-refractivity contribution is -0.142. The summed E-state index contributed by atoms with van der Waals surface area (Å²) >= 11 is 0. The highest BCUT2D eigenvalue weighted by Gasteiger charge is 2.54. The Morgan fingerprint density at radius 2 is 1.89 bits per heavy atom. The van der Waals surface area contributed by atoms with Crippen molar-refractivity contribution in [2.24, 2.45) is 17.8 Å². The van der Waals surface area contributed by atoms with Gasteiger partial charge in [0, 0.05) is 5.92 Å². The van der Waals surface area contributed by atoms with Gasteiger partial charge in [-0.2, -0.15) is 0 Å². The molecule has 0 saturated heterocycles. The molecule has 2 rings (SSSR count). The number of hydrogen-bond acceptors (Lipinski definition) is 2. The van der Waals surface area contributed by atoms with Crippen LogP contribution in [-0.2, 0) is 9.59 Å². The number of carboxylic acid groups (broad SMARTS) is 1. The van der Waals surface area contributed by atoms with Gasteiger partial charge in [-0.15, -0.1) is 0 Å². The van der Waals surface area contributed by atoms with Crippen molar-refractivity contribution in [1.82, 2.24) is 5.32 Å². The van der Waals surface area contributed by atoms with Crippen molar-refractivity contribution in [3.05, 3.63) is 0 Å². The van der Waals surface area contributed by atoms with E-state index in [1.165, 1.54) is 12.8 Å². The first-order valence-corrected chi connectivity index (χ1v) is 7.18. The van der Waals surface area contributed by atoms with Gasteiger partial charge in [-0.3, -0.25) is 4.79 Å². The van der Waals surface area contributed by atoms with Gasteiger partial charge >= 0.3 is 5.97 Å². The molecule has 1 amide bonds. The van der Waals surface area contributed by atoms with E-state index >= 15 is 0 Å². The van der Waals surface area contributed by atoms with Gasteiger partial charge in [0.2, 0.25) is 5.91 Å². The number of carbonyl (C=O) groups excluding carboxylic acids is 1. The molecule has 0 radical (unpaired) electrons. The number of nitrogens with one attached hydrogen (secondary N) is 1. The minimum atomic E-state index is -0.902. The number of amides is 1. The third-order valence-corrected chi connectivity index (χ3v) is 4.42. The first kappa shape index (κ1) is 13.4. The van der Waals surface area contributed by atoms with Crippen LogP contribution < -0.4 is 5.32 Å². The van der Waals surface area contributed by atoms with Crippen molar-refractivity contribution in [1.29, 1.82) is 0 Å². The van der Waals surface area contributed by atoms with E-state index in [0.29, 0.717) is 18.3 Å². The maximum atomic E-state index is 12.1. The maximum absolute atomic E-state index is 12.1. The SMILES string of the molecule is CCCCC(NC(=O)C1C2CCCCC21)C(=O)O. The van der Waals surface area contributed by atoms with Gasteiger partial charge in [-0.1, -0.05) is 32.6 Å². The van der Waals surface area contributed by atoms with Crippen LogP contribution >= 0.6 is 0 Å². The first-order valence-electron chi connectivity index (χ1n) is 7.18. The van der Waals surface area contributed by atoms with Crippen LogP contribution in [0.2, 0.25) is 0 Å². The maximum Gasteiger partial charge on any atom is 0.326 e. The fourth-order valence-electron chi connectivity index (χ4n) is 3.31. The summed E-state index contributed by atoms with van der Waals surface area (Å²) in [4.78, 5) is 23.2. The first-order chi connectivity index (χ1) is 8.65. The highest BCUT2D eigenvalue weighted by atomic mass is 16.4. The molecular formula is C14H23NO3. The third-order valence-electron chi connectivity index (χ3n) is 4.42. The molecule has 0 bridgehead atoms. The number of carbonyl (C=O) groups is 2. The summed E-state index contributed by atoms with van der Waals surface area (Å²) in [5, 5.41) is 11.8. The molecule has 0 aromatic rings. The van der Waals surface area contributed by atoms with Crippen molar-refractivity contribution >= 4 is 11.9 Å². The monoisotopic (exact) mass is 253 g/mol. The lowest BCUT2D eigenvalue weighted by Crippen LogP contribution is -2.41. The molecule has 3 unspecified atom stereocenters. The second-order valence-corrected chi connectivity index (χ2v) is 5.68. The van der Waals surface area contributed by atoms with E-state index in [2.05, 4.69) is 5.32 Å². The smallest absolute Gasteiger partial charge is 0.326 e. The summed E-state index contributed by atoms with van der Waals surface area (Å²) < 4.78 is 0. The second kappa shape index (κ2) is 5.72. The van der Waals surface area contributed by atoms with Crippen molar-refractivity contribution < 1.29 is 14.7 Å². The Balaban J connectivity index is 1.83. The van der Waals surface area contributed by atoms with Gasteiger partial charge < -0.3 is 10.4 Å². The number of carboxylic acids is 1. The van der Waals surface area contributed by atoms with Crippen LogP contribution in [-0.4, -0.2) is 23.0 Å². The summed E-state index contributed by atoms with van der Waals surface area (Å²) in [5.41, 5.74) is 0. The zero-order valence-electron chi connectivity index (χ0n) is 11.0. The summed E-state index contributed by atoms with van der Waals surface area (Å²) in [6, 6.07) is -0.694. The number of hydrogen-bond donors (Lipinski definition) is 2. The Hall–Kier alpha value is -1.06. The predicted molar refractivity (Wildman–Crippen MR) is 68.0 cm³/mol. The molecule has 2 fully saturated rings. The summed E-state index contributed by atoms with van der Waals surface area (Å²) in [7, 11) is 0. The Bertz CT molecular complexity index is 317. The zero-order valence-corrected chi connectivity index (χ0v) is 11.0. The highest BCUT2D eigenvalue weighted by molar-refractivity contribution is 5.87. The second-order valence-electron chi connectivity index (χ2n) is 5.68. The van der Waals surface area contributed by atoms with Crippen LogP contribution in [0.5, 0.6) is 0 Å². The van der Waals surface area contributed by atoms with Crippen LogP contribution in [0, 0.1) is 17.8 Å². The molecule has 4 heteroatoms. The molecular weight excluding hydrogens is 230 g/mol. The van der Waals surface area contributed by atoms with Crippen molar-refractivity contribution in [3.63, 3.8) is 0 Å². The highest BCUT2D eigenvalue weighted by Crippen LogP contribution is 2.55. The van der Waals surface area contributed by atoms with Crippen molar-refractivity contribution in [2.75, 3.05) is 0 Å². The van der Waals surface area contributed by atoms with Gasteiger partial charge in [0.05, 0.1) is 0 Å². The van der Waals surface area contributed by atoms with Gasteiger partial charge in [-0.25, -0.2) is 4.79 Å². The molecule has 3 atom stereocenters. The van der Waals surface area contributed by atoms with Gasteiger partial charge in [-0.05, 0) is 31.1 Å².